The Bertz CT molecular complexity index is 540. The monoisotopic (exact) mass is 271 g/mol. The first-order chi connectivity index (χ1) is 9.61. The maximum Gasteiger partial charge on any atom is 0.124 e. The molecule has 1 atom stereocenters. The van der Waals surface area contributed by atoms with Gasteiger partial charge in [0.15, 0.2) is 0 Å². The van der Waals surface area contributed by atoms with Crippen LogP contribution in [0.3, 0.4) is 0 Å². The molecule has 0 saturated heterocycles. The van der Waals surface area contributed by atoms with Crippen LogP contribution in [-0.2, 0) is 5.41 Å². The number of benzene rings is 1. The molecule has 0 radical (unpaired) electrons. The van der Waals surface area contributed by atoms with Crippen molar-refractivity contribution in [2.45, 2.75) is 50.0 Å². The average molecular weight is 271 g/mol. The van der Waals surface area contributed by atoms with Crippen molar-refractivity contribution in [1.82, 2.24) is 0 Å². The van der Waals surface area contributed by atoms with Gasteiger partial charge in [-0.2, -0.15) is 5.26 Å². The summed E-state index contributed by atoms with van der Waals surface area (Å²) in [7, 11) is 0. The summed E-state index contributed by atoms with van der Waals surface area (Å²) in [5, 5.41) is 21.1. The number of nitriles is 1. The molecule has 1 aromatic rings. The first kappa shape index (κ1) is 13.5. The van der Waals surface area contributed by atoms with E-state index in [9.17, 15) is 10.4 Å². The Hall–Kier alpha value is -1.53. The second kappa shape index (κ2) is 4.79. The van der Waals surface area contributed by atoms with Gasteiger partial charge in [-0.15, -0.1) is 0 Å². The fourth-order valence-corrected chi connectivity index (χ4v) is 3.76. The third-order valence-corrected chi connectivity index (χ3v) is 5.17. The lowest BCUT2D eigenvalue weighted by molar-refractivity contribution is -0.0676. The third kappa shape index (κ3) is 1.83. The van der Waals surface area contributed by atoms with Gasteiger partial charge in [0.05, 0.1) is 18.3 Å². The number of hydrogen-bond acceptors (Lipinski definition) is 3. The van der Waals surface area contributed by atoms with Crippen LogP contribution in [0, 0.1) is 17.2 Å². The molecule has 1 saturated carbocycles. The Kier molecular flexibility index (Phi) is 3.22. The molecule has 1 N–H and O–H groups in total. The van der Waals surface area contributed by atoms with Crippen molar-refractivity contribution in [3.05, 3.63) is 29.8 Å². The molecule has 106 valence electrons. The number of nitrogens with zero attached hydrogens (tertiary/aromatic N) is 1. The highest BCUT2D eigenvalue weighted by molar-refractivity contribution is 5.48. The highest BCUT2D eigenvalue weighted by Gasteiger charge is 2.55. The maximum absolute atomic E-state index is 11.2. The van der Waals surface area contributed by atoms with Gasteiger partial charge in [-0.05, 0) is 37.7 Å². The zero-order chi connectivity index (χ0) is 14.2. The molecular weight excluding hydrogens is 250 g/mol. The number of ether oxygens (including phenoxy) is 1. The highest BCUT2D eigenvalue weighted by atomic mass is 16.5. The summed E-state index contributed by atoms with van der Waals surface area (Å²) in [5.41, 5.74) is -0.873. The second-order valence-electron chi connectivity index (χ2n) is 6.33. The van der Waals surface area contributed by atoms with E-state index in [1.165, 1.54) is 0 Å². The molecule has 3 nitrogen and oxygen atoms in total. The predicted molar refractivity (Wildman–Crippen MR) is 76.4 cm³/mol. The van der Waals surface area contributed by atoms with Crippen LogP contribution in [0.1, 0.15) is 44.6 Å². The molecular formula is C17H21NO2. The minimum absolute atomic E-state index is 0.502. The van der Waals surface area contributed by atoms with E-state index < -0.39 is 11.0 Å². The zero-order valence-electron chi connectivity index (χ0n) is 11.9. The van der Waals surface area contributed by atoms with Crippen LogP contribution in [-0.4, -0.2) is 17.3 Å². The largest absolute Gasteiger partial charge is 0.493 e. The molecule has 2 aliphatic rings. The van der Waals surface area contributed by atoms with Gasteiger partial charge in [0, 0.05) is 12.0 Å². The fourth-order valence-electron chi connectivity index (χ4n) is 3.76. The van der Waals surface area contributed by atoms with Gasteiger partial charge in [0.1, 0.15) is 11.2 Å². The van der Waals surface area contributed by atoms with E-state index >= 15 is 0 Å². The van der Waals surface area contributed by atoms with Crippen LogP contribution in [0.4, 0.5) is 0 Å². The van der Waals surface area contributed by atoms with Gasteiger partial charge in [0.2, 0.25) is 0 Å². The smallest absolute Gasteiger partial charge is 0.124 e. The van der Waals surface area contributed by atoms with Gasteiger partial charge in [0.25, 0.3) is 0 Å². The van der Waals surface area contributed by atoms with Gasteiger partial charge < -0.3 is 9.84 Å². The van der Waals surface area contributed by atoms with E-state index in [0.29, 0.717) is 31.8 Å². The maximum atomic E-state index is 11.2. The first-order valence-electron chi connectivity index (χ1n) is 7.47. The number of para-hydroxylation sites is 1. The van der Waals surface area contributed by atoms with Crippen LogP contribution in [0.5, 0.6) is 5.75 Å². The standard InChI is InChI=1S/C17H21NO2/c1-13-6-8-17(19,9-7-13)16(12-18)10-11-20-15-5-3-2-4-14(15)16/h2-5,13,19H,6-11H2,1H3. The number of aliphatic hydroxyl groups is 1. The molecule has 1 aromatic carbocycles. The Morgan fingerprint density at radius 2 is 1.95 bits per heavy atom. The van der Waals surface area contributed by atoms with Crippen molar-refractivity contribution < 1.29 is 9.84 Å². The summed E-state index contributed by atoms with van der Waals surface area (Å²) in [5.74, 6) is 1.40. The lowest BCUT2D eigenvalue weighted by atomic mass is 9.59. The SMILES string of the molecule is CC1CCC(O)(C2(C#N)CCOc3ccccc32)CC1. The number of hydrogen-bond donors (Lipinski definition) is 1. The molecule has 3 heteroatoms. The van der Waals surface area contributed by atoms with Crippen molar-refractivity contribution in [2.24, 2.45) is 5.92 Å². The molecule has 1 unspecified atom stereocenters. The Balaban J connectivity index is 2.07. The molecule has 0 spiro atoms. The summed E-state index contributed by atoms with van der Waals surface area (Å²) in [6.45, 7) is 2.72. The molecule has 0 amide bonds. The van der Waals surface area contributed by atoms with Crippen LogP contribution in [0.15, 0.2) is 24.3 Å². The van der Waals surface area contributed by atoms with E-state index in [-0.39, 0.29) is 0 Å². The highest BCUT2D eigenvalue weighted by Crippen LogP contribution is 2.51. The number of fused-ring (bicyclic) bond motifs is 1. The van der Waals surface area contributed by atoms with E-state index in [2.05, 4.69) is 13.0 Å². The van der Waals surface area contributed by atoms with Gasteiger partial charge in [-0.25, -0.2) is 0 Å². The molecule has 0 aromatic heterocycles. The molecule has 3 rings (SSSR count). The average Bonchev–Trinajstić information content (AvgIpc) is 2.49. The topological polar surface area (TPSA) is 53.2 Å². The van der Waals surface area contributed by atoms with E-state index in [1.54, 1.807) is 0 Å². The van der Waals surface area contributed by atoms with Crippen LogP contribution < -0.4 is 4.74 Å². The van der Waals surface area contributed by atoms with Crippen molar-refractivity contribution >= 4 is 0 Å². The molecule has 0 bridgehead atoms. The van der Waals surface area contributed by atoms with Crippen molar-refractivity contribution in [2.75, 3.05) is 6.61 Å². The lowest BCUT2D eigenvalue weighted by Gasteiger charge is -2.48. The minimum atomic E-state index is -0.922. The summed E-state index contributed by atoms with van der Waals surface area (Å²) in [6, 6.07) is 10.1. The van der Waals surface area contributed by atoms with Crippen molar-refractivity contribution in [1.29, 1.82) is 5.26 Å². The number of rotatable bonds is 1. The summed E-state index contributed by atoms with van der Waals surface area (Å²) < 4.78 is 5.68. The zero-order valence-corrected chi connectivity index (χ0v) is 11.9. The van der Waals surface area contributed by atoms with Crippen molar-refractivity contribution in [3.8, 4) is 11.8 Å². The lowest BCUT2D eigenvalue weighted by Crippen LogP contribution is -2.54. The predicted octanol–water partition coefficient (Wildman–Crippen LogP) is 3.17. The quantitative estimate of drug-likeness (QED) is 0.853. The van der Waals surface area contributed by atoms with Gasteiger partial charge in [-0.1, -0.05) is 25.1 Å². The van der Waals surface area contributed by atoms with E-state index in [0.717, 1.165) is 24.2 Å². The molecule has 1 aliphatic heterocycles. The summed E-state index contributed by atoms with van der Waals surface area (Å²) in [6.07, 6.45) is 3.96. The Morgan fingerprint density at radius 3 is 2.65 bits per heavy atom. The second-order valence-corrected chi connectivity index (χ2v) is 6.33. The molecule has 20 heavy (non-hydrogen) atoms. The van der Waals surface area contributed by atoms with E-state index in [4.69, 9.17) is 4.74 Å². The minimum Gasteiger partial charge on any atom is -0.493 e. The van der Waals surface area contributed by atoms with Gasteiger partial charge in [-0.3, -0.25) is 0 Å². The summed E-state index contributed by atoms with van der Waals surface area (Å²) >= 11 is 0. The summed E-state index contributed by atoms with van der Waals surface area (Å²) in [4.78, 5) is 0. The Labute approximate surface area is 120 Å². The van der Waals surface area contributed by atoms with Crippen LogP contribution in [0.25, 0.3) is 0 Å². The third-order valence-electron chi connectivity index (χ3n) is 5.17. The first-order valence-corrected chi connectivity index (χ1v) is 7.47. The van der Waals surface area contributed by atoms with Crippen molar-refractivity contribution in [3.63, 3.8) is 0 Å². The van der Waals surface area contributed by atoms with E-state index in [1.807, 2.05) is 24.3 Å². The molecule has 1 fully saturated rings. The molecule has 1 aliphatic carbocycles. The fraction of sp³-hybridized carbons (Fsp3) is 0.588. The van der Waals surface area contributed by atoms with Gasteiger partial charge >= 0.3 is 0 Å². The normalized spacial score (nSPS) is 36.5. The molecule has 1 heterocycles. The van der Waals surface area contributed by atoms with Crippen LogP contribution in [0.2, 0.25) is 0 Å². The Morgan fingerprint density at radius 1 is 1.25 bits per heavy atom. The van der Waals surface area contributed by atoms with Crippen LogP contribution >= 0.6 is 0 Å².